The fourth-order valence-electron chi connectivity index (χ4n) is 3.53. The largest absolute Gasteiger partial charge is 0.507 e. The van der Waals surface area contributed by atoms with Crippen molar-refractivity contribution in [3.63, 3.8) is 0 Å². The molecule has 0 radical (unpaired) electrons. The fourth-order valence-corrected chi connectivity index (χ4v) is 6.11. The van der Waals surface area contributed by atoms with Crippen molar-refractivity contribution in [3.8, 4) is 5.75 Å². The third-order valence-corrected chi connectivity index (χ3v) is 8.17. The molecule has 0 aromatic heterocycles. The summed E-state index contributed by atoms with van der Waals surface area (Å²) in [6.07, 6.45) is 0. The zero-order valence-corrected chi connectivity index (χ0v) is 21.3. The molecule has 0 unspecified atom stereocenters. The molecule has 0 aliphatic rings. The number of carbonyl (C=O) groups excluding carboxylic acids is 1. The number of carbonyl (C=O) groups is 1. The summed E-state index contributed by atoms with van der Waals surface area (Å²) in [5.74, 6) is -0.630. The third kappa shape index (κ3) is 5.42. The van der Waals surface area contributed by atoms with Crippen LogP contribution in [0.15, 0.2) is 118 Å². The monoisotopic (exact) mass is 567 g/mol. The summed E-state index contributed by atoms with van der Waals surface area (Å²) in [6.45, 7) is 3.72. The van der Waals surface area contributed by atoms with Gasteiger partial charge >= 0.3 is 5.97 Å². The Hall–Kier alpha value is -2.77. The molecule has 0 fully saturated rings. The number of benzene rings is 4. The number of halogens is 1. The Balaban J connectivity index is 1.62. The smallest absolute Gasteiger partial charge is 0.342 e. The summed E-state index contributed by atoms with van der Waals surface area (Å²) < 4.78 is 6.67. The maximum absolute atomic E-state index is 12.8. The molecule has 5 heteroatoms. The molecule has 4 rings (SSSR count). The van der Waals surface area contributed by atoms with E-state index in [1.807, 2.05) is 38.1 Å². The Morgan fingerprint density at radius 2 is 1.30 bits per heavy atom. The molecule has 0 bridgehead atoms. The van der Waals surface area contributed by atoms with Crippen LogP contribution in [-0.2, 0) is 21.2 Å². The molecule has 166 valence electrons. The summed E-state index contributed by atoms with van der Waals surface area (Å²) in [5.41, 5.74) is 0.192. The average Bonchev–Trinajstić information content (AvgIpc) is 2.82. The lowest BCUT2D eigenvalue weighted by molar-refractivity contribution is -0.00341. The molecule has 3 nitrogen and oxygen atoms in total. The van der Waals surface area contributed by atoms with Gasteiger partial charge in [0.2, 0.25) is 0 Å². The van der Waals surface area contributed by atoms with Gasteiger partial charge in [-0.2, -0.15) is 0 Å². The van der Waals surface area contributed by atoms with Crippen molar-refractivity contribution in [1.29, 1.82) is 0 Å². The Morgan fingerprint density at radius 1 is 0.788 bits per heavy atom. The van der Waals surface area contributed by atoms with Crippen LogP contribution in [0.2, 0.25) is 0 Å². The highest BCUT2D eigenvalue weighted by atomic mass is 127. The topological polar surface area (TPSA) is 46.5 Å². The molecule has 0 spiro atoms. The zero-order chi connectivity index (χ0) is 23.4. The van der Waals surface area contributed by atoms with Crippen LogP contribution in [0, 0.1) is 3.57 Å². The van der Waals surface area contributed by atoms with E-state index >= 15 is 0 Å². The second-order valence-corrected chi connectivity index (χ2v) is 11.3. The molecule has 0 aliphatic carbocycles. The predicted octanol–water partition coefficient (Wildman–Crippen LogP) is 7.18. The highest BCUT2D eigenvalue weighted by Crippen LogP contribution is 2.34. The minimum absolute atomic E-state index is 0.0821. The lowest BCUT2D eigenvalue weighted by atomic mass is 9.98. The summed E-state index contributed by atoms with van der Waals surface area (Å²) in [7, 11) is -0.238. The number of phenols is 1. The van der Waals surface area contributed by atoms with Crippen LogP contribution in [0.25, 0.3) is 0 Å². The van der Waals surface area contributed by atoms with Crippen molar-refractivity contribution < 1.29 is 14.6 Å². The predicted molar refractivity (Wildman–Crippen MR) is 141 cm³/mol. The van der Waals surface area contributed by atoms with Gasteiger partial charge in [-0.1, -0.05) is 48.5 Å². The highest BCUT2D eigenvalue weighted by molar-refractivity contribution is 14.1. The van der Waals surface area contributed by atoms with Crippen molar-refractivity contribution in [2.45, 2.75) is 34.1 Å². The van der Waals surface area contributed by atoms with Crippen LogP contribution in [0.5, 0.6) is 5.75 Å². The van der Waals surface area contributed by atoms with Gasteiger partial charge in [-0.15, -0.1) is 0 Å². The molecule has 4 aromatic carbocycles. The molecule has 0 aliphatic heterocycles. The van der Waals surface area contributed by atoms with E-state index in [1.54, 1.807) is 12.1 Å². The van der Waals surface area contributed by atoms with E-state index in [4.69, 9.17) is 4.74 Å². The minimum atomic E-state index is -0.860. The van der Waals surface area contributed by atoms with E-state index in [-0.39, 0.29) is 22.2 Å². The standard InChI is InChI=1S/C28H23IO3S/c1-28(2,32-27(31)25-19-21(29)15-18-26(25)30)20-13-16-24(17-14-20)33(22-9-5-3-6-10-22)23-11-7-4-8-12-23/h3-19H,1-2H3/p+1. The molecular formula is C28H24IO3S+. The second kappa shape index (κ2) is 10.0. The Labute approximate surface area is 210 Å². The van der Waals surface area contributed by atoms with E-state index in [9.17, 15) is 9.90 Å². The van der Waals surface area contributed by atoms with E-state index in [1.165, 1.54) is 20.8 Å². The first kappa shape index (κ1) is 23.4. The zero-order valence-electron chi connectivity index (χ0n) is 18.4. The molecule has 0 atom stereocenters. The van der Waals surface area contributed by atoms with Crippen LogP contribution in [0.3, 0.4) is 0 Å². The van der Waals surface area contributed by atoms with Crippen LogP contribution < -0.4 is 0 Å². The number of aromatic hydroxyl groups is 1. The number of phenolic OH excluding ortho intramolecular Hbond substituents is 1. The Bertz CT molecular complexity index is 1200. The van der Waals surface area contributed by atoms with Gasteiger partial charge in [-0.3, -0.25) is 0 Å². The molecule has 0 saturated heterocycles. The first-order chi connectivity index (χ1) is 15.8. The number of esters is 1. The molecule has 1 N–H and O–H groups in total. The van der Waals surface area contributed by atoms with Gasteiger partial charge in [-0.05, 0) is 96.6 Å². The van der Waals surface area contributed by atoms with Crippen molar-refractivity contribution in [2.24, 2.45) is 0 Å². The van der Waals surface area contributed by atoms with Crippen molar-refractivity contribution in [3.05, 3.63) is 118 Å². The molecule has 33 heavy (non-hydrogen) atoms. The first-order valence-corrected chi connectivity index (χ1v) is 12.8. The second-order valence-electron chi connectivity index (χ2n) is 8.02. The van der Waals surface area contributed by atoms with Crippen molar-refractivity contribution in [2.75, 3.05) is 0 Å². The number of rotatable bonds is 6. The quantitative estimate of drug-likeness (QED) is 0.153. The maximum atomic E-state index is 12.8. The minimum Gasteiger partial charge on any atom is -0.507 e. The highest BCUT2D eigenvalue weighted by Gasteiger charge is 2.31. The van der Waals surface area contributed by atoms with Crippen LogP contribution in [0.4, 0.5) is 0 Å². The fraction of sp³-hybridized carbons (Fsp3) is 0.107. The summed E-state index contributed by atoms with van der Waals surface area (Å²) in [6, 6.07) is 34.1. The maximum Gasteiger partial charge on any atom is 0.342 e. The summed E-state index contributed by atoms with van der Waals surface area (Å²) in [4.78, 5) is 16.4. The molecule has 0 saturated carbocycles. The van der Waals surface area contributed by atoms with Gasteiger partial charge in [0.15, 0.2) is 14.7 Å². The number of ether oxygens (including phenoxy) is 1. The third-order valence-electron chi connectivity index (χ3n) is 5.27. The Kier molecular flexibility index (Phi) is 7.10. The van der Waals surface area contributed by atoms with Gasteiger partial charge in [0.1, 0.15) is 16.9 Å². The number of hydrogen-bond acceptors (Lipinski definition) is 3. The number of hydrogen-bond donors (Lipinski definition) is 1. The molecule has 4 aromatic rings. The normalized spacial score (nSPS) is 11.4. The summed E-state index contributed by atoms with van der Waals surface area (Å²) >= 11 is 2.11. The molecular weight excluding hydrogens is 543 g/mol. The first-order valence-electron chi connectivity index (χ1n) is 10.5. The van der Waals surface area contributed by atoms with E-state index in [2.05, 4.69) is 83.3 Å². The van der Waals surface area contributed by atoms with Gasteiger partial charge in [0.25, 0.3) is 0 Å². The lowest BCUT2D eigenvalue weighted by Gasteiger charge is -2.26. The van der Waals surface area contributed by atoms with Gasteiger partial charge in [0.05, 0.1) is 10.9 Å². The SMILES string of the molecule is CC(C)(OC(=O)c1cc(I)ccc1O)c1ccc([S+](c2ccccc2)c2ccccc2)cc1. The van der Waals surface area contributed by atoms with E-state index < -0.39 is 11.6 Å². The van der Waals surface area contributed by atoms with Crippen molar-refractivity contribution in [1.82, 2.24) is 0 Å². The summed E-state index contributed by atoms with van der Waals surface area (Å²) in [5, 5.41) is 10.1. The van der Waals surface area contributed by atoms with E-state index in [0.29, 0.717) is 0 Å². The van der Waals surface area contributed by atoms with Crippen LogP contribution in [-0.4, -0.2) is 11.1 Å². The Morgan fingerprint density at radius 3 is 1.85 bits per heavy atom. The van der Waals surface area contributed by atoms with Gasteiger partial charge < -0.3 is 9.84 Å². The van der Waals surface area contributed by atoms with Crippen LogP contribution in [0.1, 0.15) is 29.8 Å². The molecule has 0 amide bonds. The van der Waals surface area contributed by atoms with Gasteiger partial charge in [-0.25, -0.2) is 4.79 Å². The van der Waals surface area contributed by atoms with Crippen LogP contribution >= 0.6 is 22.6 Å². The van der Waals surface area contributed by atoms with Crippen molar-refractivity contribution >= 4 is 39.5 Å². The van der Waals surface area contributed by atoms with E-state index in [0.717, 1.165) is 9.13 Å². The van der Waals surface area contributed by atoms with Gasteiger partial charge in [0, 0.05) is 3.57 Å². The average molecular weight is 567 g/mol. The molecule has 0 heterocycles. The lowest BCUT2D eigenvalue weighted by Crippen LogP contribution is -2.26.